The van der Waals surface area contributed by atoms with E-state index in [1.807, 2.05) is 0 Å². The molecule has 1 rings (SSSR count). The highest BCUT2D eigenvalue weighted by molar-refractivity contribution is 5.98. The normalized spacial score (nSPS) is 9.11. The van der Waals surface area contributed by atoms with Gasteiger partial charge in [0.2, 0.25) is 5.91 Å². The first-order valence-electron chi connectivity index (χ1n) is 5.30. The summed E-state index contributed by atoms with van der Waals surface area (Å²) in [7, 11) is 1.53. The Labute approximate surface area is 105 Å². The van der Waals surface area contributed by atoms with Crippen molar-refractivity contribution in [3.8, 4) is 12.3 Å². The Bertz CT molecular complexity index is 479. The van der Waals surface area contributed by atoms with Gasteiger partial charge in [0.25, 0.3) is 5.91 Å². The molecule has 0 radical (unpaired) electrons. The first-order valence-corrected chi connectivity index (χ1v) is 5.30. The van der Waals surface area contributed by atoms with Crippen LogP contribution in [0.5, 0.6) is 0 Å². The maximum Gasteiger partial charge on any atom is 0.254 e. The number of carbonyl (C=O) groups is 2. The first-order chi connectivity index (χ1) is 8.69. The number of pyridine rings is 1. The molecule has 0 aliphatic carbocycles. The van der Waals surface area contributed by atoms with Gasteiger partial charge in [-0.25, -0.2) is 4.98 Å². The molecule has 0 unspecified atom stereocenters. The summed E-state index contributed by atoms with van der Waals surface area (Å²) in [5.41, 5.74) is 0.379. The third-order valence-corrected chi connectivity index (χ3v) is 2.08. The number of rotatable bonds is 5. The van der Waals surface area contributed by atoms with Crippen molar-refractivity contribution in [2.45, 2.75) is 0 Å². The van der Waals surface area contributed by atoms with E-state index in [1.54, 1.807) is 12.1 Å². The van der Waals surface area contributed by atoms with E-state index in [0.717, 1.165) is 0 Å². The number of carbonyl (C=O) groups excluding carboxylic acids is 2. The highest BCUT2D eigenvalue weighted by atomic mass is 16.2. The third-order valence-electron chi connectivity index (χ3n) is 2.08. The molecule has 0 saturated carbocycles. The van der Waals surface area contributed by atoms with Gasteiger partial charge in [-0.2, -0.15) is 0 Å². The lowest BCUT2D eigenvalue weighted by atomic mass is 10.2. The highest BCUT2D eigenvalue weighted by Crippen LogP contribution is 2.10. The summed E-state index contributed by atoms with van der Waals surface area (Å²) in [6.45, 7) is 0.174. The topological polar surface area (TPSA) is 83.1 Å². The molecule has 3 N–H and O–H groups in total. The Balaban J connectivity index is 2.65. The van der Waals surface area contributed by atoms with Crippen LogP contribution in [0.15, 0.2) is 18.3 Å². The van der Waals surface area contributed by atoms with E-state index in [4.69, 9.17) is 6.42 Å². The summed E-state index contributed by atoms with van der Waals surface area (Å²) in [5.74, 6) is 2.12. The number of terminal acetylenes is 1. The largest absolute Gasteiger partial charge is 0.360 e. The van der Waals surface area contributed by atoms with E-state index < -0.39 is 0 Å². The Kier molecular flexibility index (Phi) is 5.19. The van der Waals surface area contributed by atoms with Gasteiger partial charge in [-0.3, -0.25) is 9.59 Å². The molecule has 0 spiro atoms. The van der Waals surface area contributed by atoms with Gasteiger partial charge in [-0.1, -0.05) is 5.92 Å². The maximum atomic E-state index is 11.5. The second kappa shape index (κ2) is 6.91. The van der Waals surface area contributed by atoms with Gasteiger partial charge in [-0.05, 0) is 12.1 Å². The molecule has 0 bridgehead atoms. The van der Waals surface area contributed by atoms with E-state index >= 15 is 0 Å². The fourth-order valence-electron chi connectivity index (χ4n) is 1.24. The van der Waals surface area contributed by atoms with E-state index in [-0.39, 0.29) is 24.9 Å². The van der Waals surface area contributed by atoms with Crippen LogP contribution in [-0.2, 0) is 4.79 Å². The molecule has 6 heteroatoms. The molecule has 0 aromatic carbocycles. The SMILES string of the molecule is C#CCNC(=O)CNc1ncccc1C(=O)NC. The third kappa shape index (κ3) is 3.79. The molecule has 94 valence electrons. The monoisotopic (exact) mass is 246 g/mol. The zero-order chi connectivity index (χ0) is 13.4. The van der Waals surface area contributed by atoms with Gasteiger partial charge >= 0.3 is 0 Å². The molecule has 0 aliphatic heterocycles. The van der Waals surface area contributed by atoms with Crippen molar-refractivity contribution in [1.82, 2.24) is 15.6 Å². The van der Waals surface area contributed by atoms with Crippen LogP contribution < -0.4 is 16.0 Å². The van der Waals surface area contributed by atoms with Gasteiger partial charge in [0.15, 0.2) is 0 Å². The second-order valence-corrected chi connectivity index (χ2v) is 3.31. The zero-order valence-electron chi connectivity index (χ0n) is 9.99. The number of aromatic nitrogens is 1. The Hall–Kier alpha value is -2.55. The standard InChI is InChI=1S/C12H14N4O2/c1-3-6-14-10(17)8-16-11-9(12(18)13-2)5-4-7-15-11/h1,4-5,7H,6,8H2,2H3,(H,13,18)(H,14,17)(H,15,16). The summed E-state index contributed by atoms with van der Waals surface area (Å²) in [6.07, 6.45) is 6.55. The van der Waals surface area contributed by atoms with Gasteiger partial charge in [0.1, 0.15) is 5.82 Å². The molecule has 6 nitrogen and oxygen atoms in total. The first kappa shape index (κ1) is 13.5. The van der Waals surface area contributed by atoms with Crippen LogP contribution in [0.25, 0.3) is 0 Å². The number of hydrogen-bond acceptors (Lipinski definition) is 4. The quantitative estimate of drug-likeness (QED) is 0.617. The van der Waals surface area contributed by atoms with Crippen molar-refractivity contribution in [3.05, 3.63) is 23.9 Å². The lowest BCUT2D eigenvalue weighted by molar-refractivity contribution is -0.119. The van der Waals surface area contributed by atoms with E-state index in [1.165, 1.54) is 13.2 Å². The number of anilines is 1. The summed E-state index contributed by atoms with van der Waals surface area (Å²) < 4.78 is 0. The predicted octanol–water partition coefficient (Wildman–Crippen LogP) is -0.397. The molecule has 1 aromatic rings. The van der Waals surface area contributed by atoms with Crippen LogP contribution in [0.1, 0.15) is 10.4 Å². The Morgan fingerprint density at radius 1 is 1.50 bits per heavy atom. The van der Waals surface area contributed by atoms with Crippen LogP contribution in [0.4, 0.5) is 5.82 Å². The zero-order valence-corrected chi connectivity index (χ0v) is 9.99. The van der Waals surface area contributed by atoms with Crippen molar-refractivity contribution in [2.75, 3.05) is 25.5 Å². The maximum absolute atomic E-state index is 11.5. The second-order valence-electron chi connectivity index (χ2n) is 3.31. The Morgan fingerprint density at radius 2 is 2.28 bits per heavy atom. The van der Waals surface area contributed by atoms with Crippen molar-refractivity contribution in [3.63, 3.8) is 0 Å². The van der Waals surface area contributed by atoms with Crippen molar-refractivity contribution in [1.29, 1.82) is 0 Å². The molecule has 1 heterocycles. The van der Waals surface area contributed by atoms with Crippen LogP contribution in [0, 0.1) is 12.3 Å². The highest BCUT2D eigenvalue weighted by Gasteiger charge is 2.10. The van der Waals surface area contributed by atoms with Crippen molar-refractivity contribution < 1.29 is 9.59 Å². The summed E-state index contributed by atoms with van der Waals surface area (Å²) in [5, 5.41) is 7.78. The van der Waals surface area contributed by atoms with Crippen molar-refractivity contribution >= 4 is 17.6 Å². The van der Waals surface area contributed by atoms with Gasteiger partial charge in [-0.15, -0.1) is 6.42 Å². The molecule has 0 aliphatic rings. The number of nitrogens with zero attached hydrogens (tertiary/aromatic N) is 1. The molecule has 18 heavy (non-hydrogen) atoms. The molecular formula is C12H14N4O2. The van der Waals surface area contributed by atoms with Crippen molar-refractivity contribution in [2.24, 2.45) is 0 Å². The number of hydrogen-bond donors (Lipinski definition) is 3. The molecule has 0 saturated heterocycles. The van der Waals surface area contributed by atoms with Crippen LogP contribution in [0.2, 0.25) is 0 Å². The minimum atomic E-state index is -0.269. The summed E-state index contributed by atoms with van der Waals surface area (Å²) in [6, 6.07) is 3.27. The minimum Gasteiger partial charge on any atom is -0.360 e. The van der Waals surface area contributed by atoms with E-state index in [0.29, 0.717) is 11.4 Å². The van der Waals surface area contributed by atoms with Crippen LogP contribution >= 0.6 is 0 Å². The Morgan fingerprint density at radius 3 is 2.94 bits per heavy atom. The average Bonchev–Trinajstić information content (AvgIpc) is 2.42. The van der Waals surface area contributed by atoms with Gasteiger partial charge < -0.3 is 16.0 Å². The fraction of sp³-hybridized carbons (Fsp3) is 0.250. The van der Waals surface area contributed by atoms with Gasteiger partial charge in [0, 0.05) is 13.2 Å². The molecule has 1 aromatic heterocycles. The molecule has 0 fully saturated rings. The fourth-order valence-corrected chi connectivity index (χ4v) is 1.24. The number of amides is 2. The lowest BCUT2D eigenvalue weighted by Crippen LogP contribution is -2.31. The summed E-state index contributed by atoms with van der Waals surface area (Å²) >= 11 is 0. The minimum absolute atomic E-state index is 0.00267. The van der Waals surface area contributed by atoms with E-state index in [2.05, 4.69) is 26.9 Å². The average molecular weight is 246 g/mol. The number of nitrogens with one attached hydrogen (secondary N) is 3. The molecule has 0 atom stereocenters. The van der Waals surface area contributed by atoms with Crippen LogP contribution in [0.3, 0.4) is 0 Å². The molecule has 2 amide bonds. The van der Waals surface area contributed by atoms with E-state index in [9.17, 15) is 9.59 Å². The predicted molar refractivity (Wildman–Crippen MR) is 68.0 cm³/mol. The van der Waals surface area contributed by atoms with Crippen LogP contribution in [-0.4, -0.2) is 36.9 Å². The van der Waals surface area contributed by atoms with Gasteiger partial charge in [0.05, 0.1) is 18.7 Å². The molecular weight excluding hydrogens is 232 g/mol. The smallest absolute Gasteiger partial charge is 0.254 e. The lowest BCUT2D eigenvalue weighted by Gasteiger charge is -2.09. The summed E-state index contributed by atoms with van der Waals surface area (Å²) in [4.78, 5) is 26.9.